The highest BCUT2D eigenvalue weighted by molar-refractivity contribution is 5.96. The van der Waals surface area contributed by atoms with Crippen molar-refractivity contribution in [3.05, 3.63) is 118 Å². The summed E-state index contributed by atoms with van der Waals surface area (Å²) in [5.41, 5.74) is 8.34. The Labute approximate surface area is 201 Å². The Hall–Kier alpha value is -3.70. The van der Waals surface area contributed by atoms with Gasteiger partial charge in [0.25, 0.3) is 0 Å². The molecule has 0 spiro atoms. The summed E-state index contributed by atoms with van der Waals surface area (Å²) in [4.78, 5) is 13.4. The molecule has 0 aliphatic carbocycles. The molecule has 0 fully saturated rings. The second kappa shape index (κ2) is 10.5. The third-order valence-electron chi connectivity index (χ3n) is 6.24. The number of hydrogen-bond acceptors (Lipinski definition) is 3. The first-order valence-electron chi connectivity index (χ1n) is 11.7. The summed E-state index contributed by atoms with van der Waals surface area (Å²) in [6.45, 7) is 9.43. The maximum absolute atomic E-state index is 13.4. The number of nitrogens with zero attached hydrogens (tertiary/aromatic N) is 2. The zero-order valence-electron chi connectivity index (χ0n) is 20.3. The smallest absolute Gasteiger partial charge is 0.246 e. The Bertz CT molecular complexity index is 1260. The molecule has 3 aromatic carbocycles. The van der Waals surface area contributed by atoms with E-state index in [-0.39, 0.29) is 5.91 Å². The van der Waals surface area contributed by atoms with Crippen LogP contribution in [0.3, 0.4) is 0 Å². The lowest BCUT2D eigenvalue weighted by Crippen LogP contribution is -2.33. The maximum Gasteiger partial charge on any atom is 0.246 e. The van der Waals surface area contributed by atoms with Crippen LogP contribution in [-0.2, 0) is 17.9 Å². The standard InChI is InChI=1S/C29H32N4O/c1-20-15-16-21(2)27(17-20)31-29(34)28(25-13-9-6-10-14-25)30-18-26-22(3)32-33(23(26)4)19-24-11-7-5-8-12-24/h5-17,28,30H,18-19H2,1-4H3,(H,31,34). The average molecular weight is 453 g/mol. The normalized spacial score (nSPS) is 11.9. The molecule has 1 atom stereocenters. The molecular weight excluding hydrogens is 420 g/mol. The Kier molecular flexibility index (Phi) is 7.24. The van der Waals surface area contributed by atoms with Gasteiger partial charge < -0.3 is 5.32 Å². The van der Waals surface area contributed by atoms with Crippen LogP contribution in [-0.4, -0.2) is 15.7 Å². The van der Waals surface area contributed by atoms with E-state index in [2.05, 4.69) is 35.8 Å². The first-order chi connectivity index (χ1) is 16.4. The van der Waals surface area contributed by atoms with Gasteiger partial charge in [0.2, 0.25) is 5.91 Å². The van der Waals surface area contributed by atoms with Crippen molar-refractivity contribution in [2.24, 2.45) is 0 Å². The highest BCUT2D eigenvalue weighted by Gasteiger charge is 2.22. The minimum absolute atomic E-state index is 0.0770. The van der Waals surface area contributed by atoms with Gasteiger partial charge in [-0.3, -0.25) is 14.8 Å². The molecule has 1 heterocycles. The van der Waals surface area contributed by atoms with Gasteiger partial charge in [0.15, 0.2) is 0 Å². The zero-order chi connectivity index (χ0) is 24.1. The van der Waals surface area contributed by atoms with Crippen LogP contribution in [0.25, 0.3) is 0 Å². The van der Waals surface area contributed by atoms with E-state index in [1.807, 2.05) is 86.1 Å². The maximum atomic E-state index is 13.4. The van der Waals surface area contributed by atoms with Crippen LogP contribution >= 0.6 is 0 Å². The van der Waals surface area contributed by atoms with Crippen LogP contribution in [0.1, 0.15) is 45.2 Å². The van der Waals surface area contributed by atoms with Crippen molar-refractivity contribution < 1.29 is 4.79 Å². The number of carbonyl (C=O) groups is 1. The van der Waals surface area contributed by atoms with Gasteiger partial charge in [0.05, 0.1) is 12.2 Å². The van der Waals surface area contributed by atoms with Gasteiger partial charge in [0.1, 0.15) is 6.04 Å². The highest BCUT2D eigenvalue weighted by atomic mass is 16.2. The molecule has 1 unspecified atom stereocenters. The largest absolute Gasteiger partial charge is 0.324 e. The summed E-state index contributed by atoms with van der Waals surface area (Å²) in [5, 5.41) is 11.4. The zero-order valence-corrected chi connectivity index (χ0v) is 20.3. The minimum Gasteiger partial charge on any atom is -0.324 e. The van der Waals surface area contributed by atoms with E-state index in [0.717, 1.165) is 45.9 Å². The van der Waals surface area contributed by atoms with Crippen molar-refractivity contribution in [2.75, 3.05) is 5.32 Å². The van der Waals surface area contributed by atoms with Gasteiger partial charge in [0, 0.05) is 23.5 Å². The van der Waals surface area contributed by atoms with Crippen molar-refractivity contribution in [3.63, 3.8) is 0 Å². The summed E-state index contributed by atoms with van der Waals surface area (Å²) in [6, 6.07) is 25.8. The molecule has 0 aliphatic heterocycles. The molecule has 0 bridgehead atoms. The molecule has 0 radical (unpaired) electrons. The first-order valence-corrected chi connectivity index (χ1v) is 11.7. The molecule has 5 nitrogen and oxygen atoms in total. The molecule has 2 N–H and O–H groups in total. The van der Waals surface area contributed by atoms with Gasteiger partial charge in [-0.15, -0.1) is 0 Å². The molecule has 1 aromatic heterocycles. The van der Waals surface area contributed by atoms with E-state index >= 15 is 0 Å². The second-order valence-electron chi connectivity index (χ2n) is 8.82. The Morgan fingerprint density at radius 1 is 0.912 bits per heavy atom. The van der Waals surface area contributed by atoms with E-state index in [4.69, 9.17) is 5.10 Å². The molecule has 0 aliphatic rings. The van der Waals surface area contributed by atoms with Crippen LogP contribution < -0.4 is 10.6 Å². The Morgan fingerprint density at radius 2 is 1.59 bits per heavy atom. The quantitative estimate of drug-likeness (QED) is 0.364. The molecule has 4 aromatic rings. The SMILES string of the molecule is Cc1ccc(C)c(NC(=O)C(NCc2c(C)nn(Cc3ccccc3)c2C)c2ccccc2)c1. The fourth-order valence-electron chi connectivity index (χ4n) is 4.19. The van der Waals surface area contributed by atoms with Gasteiger partial charge in [-0.25, -0.2) is 0 Å². The van der Waals surface area contributed by atoms with Gasteiger partial charge in [-0.05, 0) is 56.0 Å². The van der Waals surface area contributed by atoms with E-state index in [1.165, 1.54) is 5.56 Å². The molecule has 0 saturated carbocycles. The van der Waals surface area contributed by atoms with E-state index in [9.17, 15) is 4.79 Å². The minimum atomic E-state index is -0.489. The van der Waals surface area contributed by atoms with Crippen LogP contribution in [0.4, 0.5) is 5.69 Å². The number of nitrogens with one attached hydrogen (secondary N) is 2. The molecule has 0 saturated heterocycles. The van der Waals surface area contributed by atoms with E-state index < -0.39 is 6.04 Å². The molecule has 4 rings (SSSR count). The number of carbonyl (C=O) groups excluding carboxylic acids is 1. The Balaban J connectivity index is 1.55. The van der Waals surface area contributed by atoms with Crippen LogP contribution in [0, 0.1) is 27.7 Å². The summed E-state index contributed by atoms with van der Waals surface area (Å²) < 4.78 is 2.04. The predicted molar refractivity (Wildman–Crippen MR) is 138 cm³/mol. The average Bonchev–Trinajstić information content (AvgIpc) is 3.10. The molecular formula is C29H32N4O. The third-order valence-corrected chi connectivity index (χ3v) is 6.24. The molecule has 34 heavy (non-hydrogen) atoms. The predicted octanol–water partition coefficient (Wildman–Crippen LogP) is 5.63. The van der Waals surface area contributed by atoms with E-state index in [0.29, 0.717) is 6.54 Å². The highest BCUT2D eigenvalue weighted by Crippen LogP contribution is 2.22. The first kappa shape index (κ1) is 23.5. The number of anilines is 1. The summed E-state index contributed by atoms with van der Waals surface area (Å²) in [6.07, 6.45) is 0. The van der Waals surface area contributed by atoms with Crippen molar-refractivity contribution >= 4 is 11.6 Å². The van der Waals surface area contributed by atoms with Crippen LogP contribution in [0.2, 0.25) is 0 Å². The van der Waals surface area contributed by atoms with Crippen molar-refractivity contribution in [3.8, 4) is 0 Å². The van der Waals surface area contributed by atoms with Gasteiger partial charge in [-0.2, -0.15) is 5.10 Å². The molecule has 174 valence electrons. The third kappa shape index (κ3) is 5.43. The van der Waals surface area contributed by atoms with Crippen molar-refractivity contribution in [1.82, 2.24) is 15.1 Å². The van der Waals surface area contributed by atoms with Crippen molar-refractivity contribution in [2.45, 2.75) is 46.8 Å². The topological polar surface area (TPSA) is 59.0 Å². The Morgan fingerprint density at radius 3 is 2.29 bits per heavy atom. The van der Waals surface area contributed by atoms with Crippen LogP contribution in [0.5, 0.6) is 0 Å². The lowest BCUT2D eigenvalue weighted by Gasteiger charge is -2.20. The van der Waals surface area contributed by atoms with Gasteiger partial charge >= 0.3 is 0 Å². The lowest BCUT2D eigenvalue weighted by atomic mass is 10.0. The second-order valence-corrected chi connectivity index (χ2v) is 8.82. The summed E-state index contributed by atoms with van der Waals surface area (Å²) >= 11 is 0. The fourth-order valence-corrected chi connectivity index (χ4v) is 4.19. The fraction of sp³-hybridized carbons (Fsp3) is 0.241. The van der Waals surface area contributed by atoms with Crippen LogP contribution in [0.15, 0.2) is 78.9 Å². The van der Waals surface area contributed by atoms with E-state index in [1.54, 1.807) is 0 Å². The number of aryl methyl sites for hydroxylation is 3. The number of amides is 1. The number of benzene rings is 3. The number of rotatable bonds is 8. The summed E-state index contributed by atoms with van der Waals surface area (Å²) in [5.74, 6) is -0.0770. The summed E-state index contributed by atoms with van der Waals surface area (Å²) in [7, 11) is 0. The van der Waals surface area contributed by atoms with Gasteiger partial charge in [-0.1, -0.05) is 72.8 Å². The van der Waals surface area contributed by atoms with Crippen molar-refractivity contribution in [1.29, 1.82) is 0 Å². The molecule has 5 heteroatoms. The number of aromatic nitrogens is 2. The molecule has 1 amide bonds. The lowest BCUT2D eigenvalue weighted by molar-refractivity contribution is -0.118. The number of hydrogen-bond donors (Lipinski definition) is 2. The monoisotopic (exact) mass is 452 g/mol.